The predicted molar refractivity (Wildman–Crippen MR) is 82.6 cm³/mol. The Morgan fingerprint density at radius 1 is 1.00 bits per heavy atom. The minimum Gasteiger partial charge on any atom is -0.313 e. The third-order valence-electron chi connectivity index (χ3n) is 3.37. The molecule has 0 heterocycles. The Hall–Kier alpha value is -1.31. The number of benzene rings is 2. The monoisotopic (exact) mass is 273 g/mol. The van der Waals surface area contributed by atoms with Crippen molar-refractivity contribution in [2.24, 2.45) is 0 Å². The highest BCUT2D eigenvalue weighted by Gasteiger charge is 2.03. The van der Waals surface area contributed by atoms with Gasteiger partial charge in [0, 0.05) is 11.6 Å². The van der Waals surface area contributed by atoms with Crippen LogP contribution in [-0.4, -0.2) is 6.54 Å². The molecule has 0 aromatic heterocycles. The average molecular weight is 274 g/mol. The molecule has 2 aromatic rings. The molecule has 0 saturated heterocycles. The molecule has 19 heavy (non-hydrogen) atoms. The van der Waals surface area contributed by atoms with Crippen LogP contribution in [0.15, 0.2) is 54.6 Å². The van der Waals surface area contributed by atoms with Gasteiger partial charge in [0.2, 0.25) is 0 Å². The van der Waals surface area contributed by atoms with E-state index in [1.54, 1.807) is 0 Å². The van der Waals surface area contributed by atoms with Crippen LogP contribution in [0.25, 0.3) is 0 Å². The topological polar surface area (TPSA) is 12.0 Å². The molecular weight excluding hydrogens is 254 g/mol. The first-order valence-corrected chi connectivity index (χ1v) is 7.13. The Morgan fingerprint density at radius 3 is 2.37 bits per heavy atom. The zero-order chi connectivity index (χ0) is 13.5. The molecule has 0 aliphatic rings. The van der Waals surface area contributed by atoms with E-state index in [0.717, 1.165) is 24.5 Å². The maximum absolute atomic E-state index is 5.86. The van der Waals surface area contributed by atoms with Crippen LogP contribution >= 0.6 is 11.6 Å². The molecule has 0 spiro atoms. The lowest BCUT2D eigenvalue weighted by Crippen LogP contribution is -2.16. The fourth-order valence-electron chi connectivity index (χ4n) is 2.10. The predicted octanol–water partition coefficient (Wildman–Crippen LogP) is 4.62. The van der Waals surface area contributed by atoms with E-state index in [9.17, 15) is 0 Å². The summed E-state index contributed by atoms with van der Waals surface area (Å²) in [7, 11) is 0. The molecule has 0 fully saturated rings. The van der Waals surface area contributed by atoms with Crippen LogP contribution in [0.2, 0.25) is 5.02 Å². The second kappa shape index (κ2) is 7.32. The van der Waals surface area contributed by atoms with Crippen LogP contribution in [0.1, 0.15) is 30.4 Å². The first-order chi connectivity index (χ1) is 9.25. The highest BCUT2D eigenvalue weighted by molar-refractivity contribution is 6.30. The molecule has 1 nitrogen and oxygen atoms in total. The van der Waals surface area contributed by atoms with Crippen molar-refractivity contribution in [3.63, 3.8) is 0 Å². The molecule has 0 aliphatic carbocycles. The molecule has 2 rings (SSSR count). The van der Waals surface area contributed by atoms with Gasteiger partial charge in [-0.2, -0.15) is 0 Å². The summed E-state index contributed by atoms with van der Waals surface area (Å²) < 4.78 is 0. The summed E-state index contributed by atoms with van der Waals surface area (Å²) in [6.07, 6.45) is 1.15. The molecule has 0 saturated carbocycles. The molecule has 0 aliphatic heterocycles. The van der Waals surface area contributed by atoms with Crippen molar-refractivity contribution >= 4 is 11.6 Å². The summed E-state index contributed by atoms with van der Waals surface area (Å²) >= 11 is 5.86. The van der Waals surface area contributed by atoms with Crippen molar-refractivity contribution in [3.05, 3.63) is 70.7 Å². The summed E-state index contributed by atoms with van der Waals surface area (Å²) in [5.74, 6) is 0.596. The summed E-state index contributed by atoms with van der Waals surface area (Å²) in [6, 6.07) is 18.7. The fraction of sp³-hybridized carbons (Fsp3) is 0.294. The Balaban J connectivity index is 1.71. The van der Waals surface area contributed by atoms with Crippen molar-refractivity contribution in [1.29, 1.82) is 0 Å². The van der Waals surface area contributed by atoms with Gasteiger partial charge in [-0.3, -0.25) is 0 Å². The molecule has 1 atom stereocenters. The van der Waals surface area contributed by atoms with Gasteiger partial charge in [-0.15, -0.1) is 0 Å². The Morgan fingerprint density at radius 2 is 1.68 bits per heavy atom. The van der Waals surface area contributed by atoms with E-state index in [2.05, 4.69) is 54.7 Å². The Labute approximate surface area is 120 Å². The van der Waals surface area contributed by atoms with Gasteiger partial charge in [-0.1, -0.05) is 61.0 Å². The van der Waals surface area contributed by atoms with Crippen molar-refractivity contribution in [3.8, 4) is 0 Å². The van der Waals surface area contributed by atoms with E-state index >= 15 is 0 Å². The van der Waals surface area contributed by atoms with Gasteiger partial charge < -0.3 is 5.32 Å². The number of rotatable bonds is 6. The van der Waals surface area contributed by atoms with E-state index in [0.29, 0.717) is 5.92 Å². The van der Waals surface area contributed by atoms with Crippen LogP contribution < -0.4 is 5.32 Å². The minimum absolute atomic E-state index is 0.596. The molecule has 2 heteroatoms. The molecule has 1 N–H and O–H groups in total. The number of nitrogens with one attached hydrogen (secondary N) is 1. The standard InChI is InChI=1S/C17H20ClN/c1-14(16-5-3-2-4-6-16)11-12-19-13-15-7-9-17(18)10-8-15/h2-10,14,19H,11-13H2,1H3. The van der Waals surface area contributed by atoms with Crippen LogP contribution in [-0.2, 0) is 6.54 Å². The molecule has 0 radical (unpaired) electrons. The largest absolute Gasteiger partial charge is 0.313 e. The van der Waals surface area contributed by atoms with E-state index < -0.39 is 0 Å². The van der Waals surface area contributed by atoms with Gasteiger partial charge in [0.15, 0.2) is 0 Å². The van der Waals surface area contributed by atoms with Gasteiger partial charge >= 0.3 is 0 Å². The molecule has 2 aromatic carbocycles. The Bertz CT molecular complexity index is 478. The summed E-state index contributed by atoms with van der Waals surface area (Å²) in [5, 5.41) is 4.27. The zero-order valence-corrected chi connectivity index (χ0v) is 12.0. The van der Waals surface area contributed by atoms with Crippen molar-refractivity contribution in [1.82, 2.24) is 5.32 Å². The molecular formula is C17H20ClN. The third kappa shape index (κ3) is 4.70. The number of halogens is 1. The molecule has 1 unspecified atom stereocenters. The second-order valence-electron chi connectivity index (χ2n) is 4.90. The smallest absolute Gasteiger partial charge is 0.0406 e. The van der Waals surface area contributed by atoms with Crippen molar-refractivity contribution < 1.29 is 0 Å². The van der Waals surface area contributed by atoms with E-state index in [1.165, 1.54) is 11.1 Å². The first kappa shape index (κ1) is 14.1. The fourth-order valence-corrected chi connectivity index (χ4v) is 2.23. The average Bonchev–Trinajstić information content (AvgIpc) is 2.46. The Kier molecular flexibility index (Phi) is 5.44. The van der Waals surface area contributed by atoms with Gasteiger partial charge in [-0.05, 0) is 42.1 Å². The summed E-state index contributed by atoms with van der Waals surface area (Å²) in [4.78, 5) is 0. The lowest BCUT2D eigenvalue weighted by molar-refractivity contribution is 0.594. The minimum atomic E-state index is 0.596. The lowest BCUT2D eigenvalue weighted by atomic mass is 9.98. The van der Waals surface area contributed by atoms with Crippen LogP contribution in [0.5, 0.6) is 0 Å². The SMILES string of the molecule is CC(CCNCc1ccc(Cl)cc1)c1ccccc1. The van der Waals surface area contributed by atoms with Crippen molar-refractivity contribution in [2.75, 3.05) is 6.54 Å². The van der Waals surface area contributed by atoms with Gasteiger partial charge in [0.05, 0.1) is 0 Å². The maximum atomic E-state index is 5.86. The van der Waals surface area contributed by atoms with E-state index in [-0.39, 0.29) is 0 Å². The summed E-state index contributed by atoms with van der Waals surface area (Å²) in [6.45, 7) is 4.21. The van der Waals surface area contributed by atoms with Gasteiger partial charge in [0.25, 0.3) is 0 Å². The van der Waals surface area contributed by atoms with Gasteiger partial charge in [-0.25, -0.2) is 0 Å². The van der Waals surface area contributed by atoms with Gasteiger partial charge in [0.1, 0.15) is 0 Å². The zero-order valence-electron chi connectivity index (χ0n) is 11.3. The molecule has 0 bridgehead atoms. The van der Waals surface area contributed by atoms with Crippen molar-refractivity contribution in [2.45, 2.75) is 25.8 Å². The highest BCUT2D eigenvalue weighted by atomic mass is 35.5. The summed E-state index contributed by atoms with van der Waals surface area (Å²) in [5.41, 5.74) is 2.69. The van der Waals surface area contributed by atoms with Crippen LogP contribution in [0.4, 0.5) is 0 Å². The molecule has 0 amide bonds. The first-order valence-electron chi connectivity index (χ1n) is 6.76. The second-order valence-corrected chi connectivity index (χ2v) is 5.34. The normalized spacial score (nSPS) is 12.3. The van der Waals surface area contributed by atoms with E-state index in [4.69, 9.17) is 11.6 Å². The lowest BCUT2D eigenvalue weighted by Gasteiger charge is -2.12. The maximum Gasteiger partial charge on any atom is 0.0406 e. The van der Waals surface area contributed by atoms with Crippen LogP contribution in [0, 0.1) is 0 Å². The third-order valence-corrected chi connectivity index (χ3v) is 3.62. The quantitative estimate of drug-likeness (QED) is 0.757. The number of hydrogen-bond acceptors (Lipinski definition) is 1. The number of hydrogen-bond donors (Lipinski definition) is 1. The van der Waals surface area contributed by atoms with E-state index in [1.807, 2.05) is 12.1 Å². The highest BCUT2D eigenvalue weighted by Crippen LogP contribution is 2.17. The molecule has 100 valence electrons. The van der Waals surface area contributed by atoms with Crippen LogP contribution in [0.3, 0.4) is 0 Å².